The standard InChI is InChI=1S/C24H32N4O2S2/c1-4-15-14-16-21(23-27-18-8-6-7-9-19(18)31-23)24(32-22(16)17(5-2)26-15)28-20(29)10-11-25-12-13-30-3/h6-9,15,17,25-26H,4-5,10-14H2,1-3H3,(H,28,29)/t15-,17+/m0/s1. The van der Waals surface area contributed by atoms with Gasteiger partial charge in [-0.25, -0.2) is 4.98 Å². The summed E-state index contributed by atoms with van der Waals surface area (Å²) in [4.78, 5) is 19.1. The number of hydrogen-bond acceptors (Lipinski definition) is 7. The lowest BCUT2D eigenvalue weighted by Gasteiger charge is -2.30. The van der Waals surface area contributed by atoms with E-state index in [2.05, 4.69) is 48.0 Å². The maximum atomic E-state index is 12.8. The molecule has 0 radical (unpaired) electrons. The number of nitrogens with one attached hydrogen (secondary N) is 3. The molecule has 0 fully saturated rings. The van der Waals surface area contributed by atoms with Gasteiger partial charge in [-0.15, -0.1) is 22.7 Å². The van der Waals surface area contributed by atoms with Gasteiger partial charge in [0, 0.05) is 49.1 Å². The minimum absolute atomic E-state index is 0.0314. The van der Waals surface area contributed by atoms with Crippen LogP contribution in [0.15, 0.2) is 24.3 Å². The molecule has 1 aliphatic heterocycles. The normalized spacial score (nSPS) is 18.1. The van der Waals surface area contributed by atoms with E-state index in [1.807, 2.05) is 6.07 Å². The Kier molecular flexibility index (Phi) is 7.91. The van der Waals surface area contributed by atoms with Gasteiger partial charge in [-0.05, 0) is 37.0 Å². The molecule has 0 saturated heterocycles. The second-order valence-electron chi connectivity index (χ2n) is 8.11. The lowest BCUT2D eigenvalue weighted by atomic mass is 9.92. The first kappa shape index (κ1) is 23.3. The third-order valence-corrected chi connectivity index (χ3v) is 8.23. The lowest BCUT2D eigenvalue weighted by Crippen LogP contribution is -2.38. The van der Waals surface area contributed by atoms with Gasteiger partial charge in [0.05, 0.1) is 16.8 Å². The van der Waals surface area contributed by atoms with Crippen LogP contribution in [0.25, 0.3) is 20.8 Å². The van der Waals surface area contributed by atoms with E-state index in [0.29, 0.717) is 31.7 Å². The third kappa shape index (κ3) is 5.05. The van der Waals surface area contributed by atoms with Crippen LogP contribution in [-0.2, 0) is 16.0 Å². The molecule has 172 valence electrons. The fourth-order valence-electron chi connectivity index (χ4n) is 4.18. The summed E-state index contributed by atoms with van der Waals surface area (Å²) in [6.45, 7) is 6.48. The van der Waals surface area contributed by atoms with Crippen molar-refractivity contribution in [3.63, 3.8) is 0 Å². The van der Waals surface area contributed by atoms with Crippen molar-refractivity contribution in [2.75, 3.05) is 32.1 Å². The number of amides is 1. The molecule has 2 atom stereocenters. The van der Waals surface area contributed by atoms with Crippen LogP contribution in [0.1, 0.15) is 49.6 Å². The Morgan fingerprint density at radius 2 is 2.06 bits per heavy atom. The number of anilines is 1. The molecule has 1 aliphatic rings. The van der Waals surface area contributed by atoms with Crippen LogP contribution in [0.3, 0.4) is 0 Å². The minimum atomic E-state index is 0.0314. The number of methoxy groups -OCH3 is 1. The summed E-state index contributed by atoms with van der Waals surface area (Å²) in [6.07, 6.45) is 3.51. The molecule has 3 heterocycles. The number of ether oxygens (including phenoxy) is 1. The van der Waals surface area contributed by atoms with Gasteiger partial charge in [-0.1, -0.05) is 26.0 Å². The molecule has 0 saturated carbocycles. The van der Waals surface area contributed by atoms with Gasteiger partial charge in [-0.2, -0.15) is 0 Å². The Balaban J connectivity index is 1.66. The van der Waals surface area contributed by atoms with E-state index in [1.165, 1.54) is 15.1 Å². The Bertz CT molecular complexity index is 1030. The number of fused-ring (bicyclic) bond motifs is 2. The van der Waals surface area contributed by atoms with Crippen molar-refractivity contribution in [3.05, 3.63) is 34.7 Å². The maximum absolute atomic E-state index is 12.8. The first-order valence-corrected chi connectivity index (χ1v) is 13.0. The van der Waals surface area contributed by atoms with Crippen LogP contribution >= 0.6 is 22.7 Å². The Hall–Kier alpha value is -1.84. The van der Waals surface area contributed by atoms with Crippen molar-refractivity contribution in [2.45, 2.75) is 51.6 Å². The number of para-hydroxylation sites is 1. The summed E-state index contributed by atoms with van der Waals surface area (Å²) >= 11 is 3.43. The number of aromatic nitrogens is 1. The van der Waals surface area contributed by atoms with Crippen molar-refractivity contribution in [3.8, 4) is 10.6 Å². The smallest absolute Gasteiger partial charge is 0.226 e. The number of benzene rings is 1. The maximum Gasteiger partial charge on any atom is 0.226 e. The molecule has 3 aromatic rings. The number of rotatable bonds is 10. The highest BCUT2D eigenvalue weighted by Gasteiger charge is 2.32. The van der Waals surface area contributed by atoms with Crippen molar-refractivity contribution in [1.82, 2.24) is 15.6 Å². The molecular formula is C24H32N4O2S2. The quantitative estimate of drug-likeness (QED) is 0.364. The van der Waals surface area contributed by atoms with E-state index in [9.17, 15) is 4.79 Å². The molecule has 8 heteroatoms. The summed E-state index contributed by atoms with van der Waals surface area (Å²) in [6, 6.07) is 9.02. The van der Waals surface area contributed by atoms with E-state index in [0.717, 1.165) is 46.9 Å². The first-order chi connectivity index (χ1) is 15.6. The van der Waals surface area contributed by atoms with Crippen LogP contribution in [0.5, 0.6) is 0 Å². The highest BCUT2D eigenvalue weighted by molar-refractivity contribution is 7.23. The molecule has 4 rings (SSSR count). The summed E-state index contributed by atoms with van der Waals surface area (Å²) in [5, 5.41) is 12.2. The van der Waals surface area contributed by atoms with Crippen molar-refractivity contribution < 1.29 is 9.53 Å². The summed E-state index contributed by atoms with van der Waals surface area (Å²) in [5.74, 6) is 0.0314. The highest BCUT2D eigenvalue weighted by Crippen LogP contribution is 2.48. The fraction of sp³-hybridized carbons (Fsp3) is 0.500. The van der Waals surface area contributed by atoms with E-state index >= 15 is 0 Å². The SMILES string of the molecule is CC[C@H]1Cc2c(sc(NC(=O)CCNCCOC)c2-c2nc3ccccc3s2)[C@@H](CC)N1. The number of hydrogen-bond donors (Lipinski definition) is 3. The zero-order valence-corrected chi connectivity index (χ0v) is 20.6. The molecule has 1 amide bonds. The van der Waals surface area contributed by atoms with Crippen molar-refractivity contribution in [2.24, 2.45) is 0 Å². The molecule has 2 aromatic heterocycles. The van der Waals surface area contributed by atoms with E-state index < -0.39 is 0 Å². The zero-order chi connectivity index (χ0) is 22.5. The van der Waals surface area contributed by atoms with Gasteiger partial charge in [0.15, 0.2) is 0 Å². The number of carbonyl (C=O) groups excluding carboxylic acids is 1. The molecule has 3 N–H and O–H groups in total. The average molecular weight is 473 g/mol. The average Bonchev–Trinajstić information content (AvgIpc) is 3.38. The van der Waals surface area contributed by atoms with E-state index in [1.54, 1.807) is 29.8 Å². The molecule has 1 aromatic carbocycles. The predicted molar refractivity (Wildman–Crippen MR) is 135 cm³/mol. The largest absolute Gasteiger partial charge is 0.383 e. The predicted octanol–water partition coefficient (Wildman–Crippen LogP) is 4.96. The highest BCUT2D eigenvalue weighted by atomic mass is 32.1. The molecule has 6 nitrogen and oxygen atoms in total. The Morgan fingerprint density at radius 3 is 2.81 bits per heavy atom. The van der Waals surface area contributed by atoms with Crippen LogP contribution < -0.4 is 16.0 Å². The van der Waals surface area contributed by atoms with Crippen LogP contribution in [0.4, 0.5) is 5.00 Å². The lowest BCUT2D eigenvalue weighted by molar-refractivity contribution is -0.116. The number of thiophene rings is 1. The van der Waals surface area contributed by atoms with Crippen LogP contribution in [-0.4, -0.2) is 43.7 Å². The van der Waals surface area contributed by atoms with Crippen LogP contribution in [0, 0.1) is 0 Å². The van der Waals surface area contributed by atoms with Gasteiger partial charge in [-0.3, -0.25) is 4.79 Å². The second-order valence-corrected chi connectivity index (χ2v) is 10.2. The topological polar surface area (TPSA) is 75.3 Å². The van der Waals surface area contributed by atoms with Crippen molar-refractivity contribution >= 4 is 43.8 Å². The van der Waals surface area contributed by atoms with Gasteiger partial charge >= 0.3 is 0 Å². The van der Waals surface area contributed by atoms with Crippen molar-refractivity contribution in [1.29, 1.82) is 0 Å². The second kappa shape index (κ2) is 10.9. The minimum Gasteiger partial charge on any atom is -0.383 e. The van der Waals surface area contributed by atoms with Gasteiger partial charge < -0.3 is 20.7 Å². The molecule has 0 bridgehead atoms. The van der Waals surface area contributed by atoms with Gasteiger partial charge in [0.2, 0.25) is 5.91 Å². The number of carbonyl (C=O) groups is 1. The Morgan fingerprint density at radius 1 is 1.22 bits per heavy atom. The monoisotopic (exact) mass is 472 g/mol. The molecule has 0 spiro atoms. The molecule has 0 unspecified atom stereocenters. The summed E-state index contributed by atoms with van der Waals surface area (Å²) in [7, 11) is 1.68. The van der Waals surface area contributed by atoms with E-state index in [-0.39, 0.29) is 5.91 Å². The zero-order valence-electron chi connectivity index (χ0n) is 19.0. The first-order valence-electron chi connectivity index (χ1n) is 11.4. The molecule has 32 heavy (non-hydrogen) atoms. The number of nitrogens with zero attached hydrogens (tertiary/aromatic N) is 1. The number of thiazole rings is 1. The van der Waals surface area contributed by atoms with Gasteiger partial charge in [0.25, 0.3) is 0 Å². The third-order valence-electron chi connectivity index (χ3n) is 5.92. The molecule has 0 aliphatic carbocycles. The van der Waals surface area contributed by atoms with Gasteiger partial charge in [0.1, 0.15) is 10.0 Å². The van der Waals surface area contributed by atoms with E-state index in [4.69, 9.17) is 9.72 Å². The summed E-state index contributed by atoms with van der Waals surface area (Å²) < 4.78 is 6.22. The van der Waals surface area contributed by atoms with Crippen LogP contribution in [0.2, 0.25) is 0 Å². The fourth-order valence-corrected chi connectivity index (χ4v) is 6.68. The summed E-state index contributed by atoms with van der Waals surface area (Å²) in [5.41, 5.74) is 3.51. The Labute approximate surface area is 197 Å². The molecular weight excluding hydrogens is 440 g/mol.